The SMILES string of the molecule is O=P([O-])([O-])[O-].O=c1ccc2ccc(OCCCCN3CCN(c4cccc(Cl)c4C(F)(F)F)CC3)nc2[nH]1. The highest BCUT2D eigenvalue weighted by Gasteiger charge is 2.37. The number of nitrogens with zero attached hydrogens (tertiary/aromatic N) is 3. The van der Waals surface area contributed by atoms with Gasteiger partial charge in [-0.2, -0.15) is 26.0 Å². The number of ether oxygens (including phenoxy) is 1. The molecule has 208 valence electrons. The maximum atomic E-state index is 13.4. The number of fused-ring (bicyclic) bond motifs is 1. The first-order chi connectivity index (χ1) is 17.8. The lowest BCUT2D eigenvalue weighted by Gasteiger charge is -2.37. The van der Waals surface area contributed by atoms with E-state index in [1.807, 2.05) is 6.07 Å². The number of H-pyrrole nitrogens is 1. The fourth-order valence-corrected chi connectivity index (χ4v) is 4.25. The summed E-state index contributed by atoms with van der Waals surface area (Å²) in [7, 11) is -5.39. The van der Waals surface area contributed by atoms with Gasteiger partial charge in [0.25, 0.3) is 0 Å². The van der Waals surface area contributed by atoms with Crippen molar-refractivity contribution < 1.29 is 37.2 Å². The van der Waals surface area contributed by atoms with Crippen LogP contribution in [0.3, 0.4) is 0 Å². The van der Waals surface area contributed by atoms with Crippen molar-refractivity contribution in [3.05, 3.63) is 63.4 Å². The molecule has 1 fully saturated rings. The number of nitrogens with one attached hydrogen (secondary N) is 1. The maximum Gasteiger partial charge on any atom is 0.419 e. The minimum absolute atomic E-state index is 0.146. The Kier molecular flexibility index (Phi) is 10.2. The standard InChI is InChI=1S/C23H24ClF3N4O2.H3O4P/c24-17-4-3-5-18(21(17)23(25,26)27)31-13-11-30(12-14-31)10-1-2-15-33-20-9-7-16-6-8-19(32)28-22(16)29-20;1-5(2,3)4/h3-9H,1-2,10-15H2,(H,28,29,32);(H3,1,2,3,4)/p-3. The Labute approximate surface area is 220 Å². The molecule has 1 saturated heterocycles. The predicted octanol–water partition coefficient (Wildman–Crippen LogP) is 1.75. The molecule has 2 aromatic heterocycles. The van der Waals surface area contributed by atoms with Crippen LogP contribution in [0.1, 0.15) is 18.4 Å². The van der Waals surface area contributed by atoms with Gasteiger partial charge in [0, 0.05) is 43.7 Å². The molecular formula is C23H24ClF3N4O6P-3. The number of halogens is 4. The molecular weight excluding hydrogens is 552 g/mol. The van der Waals surface area contributed by atoms with E-state index in [-0.39, 0.29) is 16.3 Å². The van der Waals surface area contributed by atoms with Gasteiger partial charge in [-0.3, -0.25) is 9.69 Å². The van der Waals surface area contributed by atoms with Crippen molar-refractivity contribution in [2.75, 3.05) is 44.2 Å². The molecule has 3 aromatic rings. The number of anilines is 1. The summed E-state index contributed by atoms with van der Waals surface area (Å²) in [6, 6.07) is 11.1. The summed E-state index contributed by atoms with van der Waals surface area (Å²) in [6.07, 6.45) is -2.77. The third-order valence-corrected chi connectivity index (χ3v) is 5.98. The van der Waals surface area contributed by atoms with Crippen molar-refractivity contribution in [3.8, 4) is 5.88 Å². The second-order valence-corrected chi connectivity index (χ2v) is 9.67. The van der Waals surface area contributed by atoms with Crippen LogP contribution in [0.25, 0.3) is 11.0 Å². The summed E-state index contributed by atoms with van der Waals surface area (Å²) in [6.45, 7) is 3.73. The van der Waals surface area contributed by atoms with Gasteiger partial charge in [-0.1, -0.05) is 17.7 Å². The zero-order valence-corrected chi connectivity index (χ0v) is 21.6. The van der Waals surface area contributed by atoms with Crippen molar-refractivity contribution in [2.24, 2.45) is 0 Å². The quantitative estimate of drug-likeness (QED) is 0.328. The van der Waals surface area contributed by atoms with Crippen molar-refractivity contribution >= 4 is 36.1 Å². The summed E-state index contributed by atoms with van der Waals surface area (Å²) in [4.78, 5) is 48.0. The molecule has 1 N–H and O–H groups in total. The van der Waals surface area contributed by atoms with E-state index in [9.17, 15) is 18.0 Å². The highest BCUT2D eigenvalue weighted by atomic mass is 35.5. The Morgan fingerprint density at radius 1 is 1.03 bits per heavy atom. The van der Waals surface area contributed by atoms with E-state index in [4.69, 9.17) is 35.6 Å². The van der Waals surface area contributed by atoms with Crippen LogP contribution in [0.15, 0.2) is 47.3 Å². The number of unbranched alkanes of at least 4 members (excludes halogenated alkanes) is 1. The molecule has 10 nitrogen and oxygen atoms in total. The Hall–Kier alpha value is -2.67. The number of hydrogen-bond acceptors (Lipinski definition) is 9. The van der Waals surface area contributed by atoms with Crippen LogP contribution >= 0.6 is 19.4 Å². The smallest absolute Gasteiger partial charge is 0.419 e. The third kappa shape index (κ3) is 9.26. The average Bonchev–Trinajstić information content (AvgIpc) is 2.82. The van der Waals surface area contributed by atoms with Gasteiger partial charge in [0.15, 0.2) is 0 Å². The maximum absolute atomic E-state index is 13.4. The summed E-state index contributed by atoms with van der Waals surface area (Å²) in [5, 5.41) is 0.566. The van der Waals surface area contributed by atoms with E-state index in [0.29, 0.717) is 44.3 Å². The van der Waals surface area contributed by atoms with Gasteiger partial charge in [-0.25, -0.2) is 0 Å². The van der Waals surface area contributed by atoms with E-state index in [1.165, 1.54) is 18.2 Å². The predicted molar refractivity (Wildman–Crippen MR) is 130 cm³/mol. The van der Waals surface area contributed by atoms with Crippen molar-refractivity contribution in [1.29, 1.82) is 0 Å². The van der Waals surface area contributed by atoms with Gasteiger partial charge in [-0.15, -0.1) is 0 Å². The lowest BCUT2D eigenvalue weighted by Crippen LogP contribution is -2.47. The van der Waals surface area contributed by atoms with Crippen LogP contribution in [-0.4, -0.2) is 54.2 Å². The summed E-state index contributed by atoms with van der Waals surface area (Å²) >= 11 is 5.85. The largest absolute Gasteiger partial charge is 0.822 e. The highest BCUT2D eigenvalue weighted by Crippen LogP contribution is 2.41. The van der Waals surface area contributed by atoms with Crippen LogP contribution in [0.4, 0.5) is 18.9 Å². The molecule has 0 spiro atoms. The van der Waals surface area contributed by atoms with Gasteiger partial charge in [-0.05, 0) is 43.7 Å². The first kappa shape index (κ1) is 29.9. The van der Waals surface area contributed by atoms with Gasteiger partial charge in [0.05, 0.1) is 22.9 Å². The number of rotatable bonds is 7. The normalized spacial score (nSPS) is 14.8. The number of pyridine rings is 2. The number of piperazine rings is 1. The number of alkyl halides is 3. The zero-order chi connectivity index (χ0) is 27.9. The lowest BCUT2D eigenvalue weighted by molar-refractivity contribution is -0.432. The Bertz CT molecular complexity index is 1320. The molecule has 0 saturated carbocycles. The van der Waals surface area contributed by atoms with Gasteiger partial charge in [0.1, 0.15) is 5.65 Å². The minimum atomic E-state index is -5.39. The summed E-state index contributed by atoms with van der Waals surface area (Å²) in [5.41, 5.74) is -0.334. The molecule has 0 unspecified atom stereocenters. The molecule has 0 bridgehead atoms. The fourth-order valence-electron chi connectivity index (χ4n) is 3.97. The van der Waals surface area contributed by atoms with Crippen LogP contribution < -0.4 is 29.9 Å². The van der Waals surface area contributed by atoms with E-state index in [0.717, 1.165) is 24.8 Å². The molecule has 15 heteroatoms. The number of phosphoric acid groups is 1. The molecule has 1 aliphatic heterocycles. The Morgan fingerprint density at radius 3 is 2.34 bits per heavy atom. The van der Waals surface area contributed by atoms with Crippen LogP contribution in [0, 0.1) is 0 Å². The lowest BCUT2D eigenvalue weighted by atomic mass is 10.1. The van der Waals surface area contributed by atoms with Crippen molar-refractivity contribution in [3.63, 3.8) is 0 Å². The molecule has 0 amide bonds. The third-order valence-electron chi connectivity index (χ3n) is 5.66. The first-order valence-corrected chi connectivity index (χ1v) is 13.3. The van der Waals surface area contributed by atoms with Crippen LogP contribution in [-0.2, 0) is 10.7 Å². The summed E-state index contributed by atoms with van der Waals surface area (Å²) in [5.74, 6) is 0.458. The fraction of sp³-hybridized carbons (Fsp3) is 0.391. The van der Waals surface area contributed by atoms with E-state index >= 15 is 0 Å². The molecule has 0 atom stereocenters. The molecule has 0 aliphatic carbocycles. The summed E-state index contributed by atoms with van der Waals surface area (Å²) < 4.78 is 54.6. The topological polar surface area (TPSA) is 148 Å². The minimum Gasteiger partial charge on any atom is -0.822 e. The molecule has 1 aliphatic rings. The molecule has 4 rings (SSSR count). The molecule has 0 radical (unpaired) electrons. The van der Waals surface area contributed by atoms with Gasteiger partial charge in [0.2, 0.25) is 11.4 Å². The number of hydrogen-bond donors (Lipinski definition) is 1. The van der Waals surface area contributed by atoms with Crippen molar-refractivity contribution in [1.82, 2.24) is 14.9 Å². The monoisotopic (exact) mass is 575 g/mol. The zero-order valence-electron chi connectivity index (χ0n) is 19.9. The van der Waals surface area contributed by atoms with Gasteiger partial charge < -0.3 is 33.9 Å². The Balaban J connectivity index is 0.000000732. The second-order valence-electron chi connectivity index (χ2n) is 8.37. The van der Waals surface area contributed by atoms with E-state index in [1.54, 1.807) is 23.1 Å². The number of aromatic amines is 1. The molecule has 38 heavy (non-hydrogen) atoms. The van der Waals surface area contributed by atoms with E-state index in [2.05, 4.69) is 14.9 Å². The average molecular weight is 576 g/mol. The first-order valence-electron chi connectivity index (χ1n) is 11.5. The highest BCUT2D eigenvalue weighted by molar-refractivity contribution is 7.40. The molecule has 1 aromatic carbocycles. The van der Waals surface area contributed by atoms with Crippen molar-refractivity contribution in [2.45, 2.75) is 19.0 Å². The van der Waals surface area contributed by atoms with Crippen LogP contribution in [0.2, 0.25) is 5.02 Å². The number of aromatic nitrogens is 2. The van der Waals surface area contributed by atoms with Gasteiger partial charge >= 0.3 is 6.18 Å². The Morgan fingerprint density at radius 2 is 1.68 bits per heavy atom. The molecule has 3 heterocycles. The second kappa shape index (κ2) is 12.9. The number of benzene rings is 1. The van der Waals surface area contributed by atoms with Crippen LogP contribution in [0.5, 0.6) is 5.88 Å². The van der Waals surface area contributed by atoms with E-state index < -0.39 is 19.6 Å².